The number of hydrogen-bond acceptors (Lipinski definition) is 7. The van der Waals surface area contributed by atoms with Crippen molar-refractivity contribution < 1.29 is 22.8 Å². The Labute approximate surface area is 277 Å². The average Bonchev–Trinajstić information content (AvgIpc) is 3.55. The van der Waals surface area contributed by atoms with E-state index >= 15 is 0 Å². The monoisotopic (exact) mass is 674 g/mol. The van der Waals surface area contributed by atoms with Crippen molar-refractivity contribution >= 4 is 39.3 Å². The van der Waals surface area contributed by atoms with Crippen molar-refractivity contribution in [2.24, 2.45) is 5.73 Å². The fraction of sp³-hybridized carbons (Fsp3) is 0.545. The van der Waals surface area contributed by atoms with E-state index < -0.39 is 28.0 Å². The molecule has 13 heteroatoms. The van der Waals surface area contributed by atoms with Gasteiger partial charge in [0.15, 0.2) is 0 Å². The second kappa shape index (κ2) is 16.7. The lowest BCUT2D eigenvalue weighted by Gasteiger charge is -2.36. The molecule has 2 aliphatic heterocycles. The SMILES string of the molecule is CCN1CCC(N(C)C(=O)CC[C@@H](NS(=O)(=O)Cc2ccccc2)C(=O)N2CCC[C@H]2C(=O)NCc2cc(Cl)ccc2CN)CC1. The van der Waals surface area contributed by atoms with Crippen molar-refractivity contribution in [3.05, 3.63) is 70.2 Å². The summed E-state index contributed by atoms with van der Waals surface area (Å²) in [6.07, 6.45) is 2.76. The minimum Gasteiger partial charge on any atom is -0.350 e. The van der Waals surface area contributed by atoms with Gasteiger partial charge in [-0.1, -0.05) is 54.9 Å². The first-order chi connectivity index (χ1) is 22.0. The number of rotatable bonds is 14. The third-order valence-electron chi connectivity index (χ3n) is 9.09. The summed E-state index contributed by atoms with van der Waals surface area (Å²) in [6.45, 7) is 5.72. The Hall–Kier alpha value is -3.03. The number of carbonyl (C=O) groups excluding carboxylic acids is 3. The highest BCUT2D eigenvalue weighted by Gasteiger charge is 2.39. The molecular weight excluding hydrogens is 628 g/mol. The summed E-state index contributed by atoms with van der Waals surface area (Å²) >= 11 is 6.16. The molecule has 3 amide bonds. The summed E-state index contributed by atoms with van der Waals surface area (Å²) in [6, 6.07) is 12.1. The number of amides is 3. The first-order valence-electron chi connectivity index (χ1n) is 16.1. The van der Waals surface area contributed by atoms with Crippen molar-refractivity contribution in [1.82, 2.24) is 24.7 Å². The van der Waals surface area contributed by atoms with Crippen molar-refractivity contribution in [2.45, 2.75) is 82.4 Å². The van der Waals surface area contributed by atoms with Crippen LogP contribution >= 0.6 is 11.6 Å². The quantitative estimate of drug-likeness (QED) is 0.279. The standard InChI is InChI=1S/C33H47ClN6O5S/c1-3-39-18-15-28(16-19-39)38(2)31(41)14-13-29(37-46(44,45)23-24-8-5-4-6-9-24)33(43)40-17-7-10-30(40)32(42)36-22-26-20-27(34)12-11-25(26)21-35/h4-6,8-9,11-12,20,28-30,37H,3,7,10,13-19,21-23,35H2,1-2H3,(H,36,42)/t29-,30+/m1/s1. The average molecular weight is 675 g/mol. The molecule has 0 bridgehead atoms. The van der Waals surface area contributed by atoms with E-state index in [1.807, 2.05) is 6.07 Å². The zero-order chi connectivity index (χ0) is 33.3. The largest absolute Gasteiger partial charge is 0.350 e. The van der Waals surface area contributed by atoms with Crippen LogP contribution in [0.15, 0.2) is 48.5 Å². The third-order valence-corrected chi connectivity index (χ3v) is 10.7. The van der Waals surface area contributed by atoms with Crippen LogP contribution in [0.3, 0.4) is 0 Å². The van der Waals surface area contributed by atoms with Gasteiger partial charge in [-0.05, 0) is 67.5 Å². The van der Waals surface area contributed by atoms with Gasteiger partial charge in [0.1, 0.15) is 12.1 Å². The fourth-order valence-corrected chi connectivity index (χ4v) is 7.88. The molecule has 4 N–H and O–H groups in total. The maximum atomic E-state index is 14.0. The molecule has 0 aromatic heterocycles. The molecule has 0 saturated carbocycles. The van der Waals surface area contributed by atoms with Gasteiger partial charge < -0.3 is 25.8 Å². The van der Waals surface area contributed by atoms with E-state index in [9.17, 15) is 22.8 Å². The highest BCUT2D eigenvalue weighted by Crippen LogP contribution is 2.23. The molecule has 2 fully saturated rings. The van der Waals surface area contributed by atoms with Gasteiger partial charge in [-0.25, -0.2) is 13.1 Å². The molecule has 2 atom stereocenters. The van der Waals surface area contributed by atoms with Gasteiger partial charge in [0, 0.05) is 57.3 Å². The molecule has 0 radical (unpaired) electrons. The van der Waals surface area contributed by atoms with E-state index in [1.165, 1.54) is 4.90 Å². The molecule has 2 aromatic carbocycles. The van der Waals surface area contributed by atoms with Crippen LogP contribution < -0.4 is 15.8 Å². The van der Waals surface area contributed by atoms with Crippen molar-refractivity contribution in [3.8, 4) is 0 Å². The van der Waals surface area contributed by atoms with E-state index in [2.05, 4.69) is 21.9 Å². The lowest BCUT2D eigenvalue weighted by molar-refractivity contribution is -0.140. The van der Waals surface area contributed by atoms with E-state index in [-0.39, 0.29) is 49.5 Å². The van der Waals surface area contributed by atoms with Crippen LogP contribution in [0.1, 0.15) is 62.1 Å². The van der Waals surface area contributed by atoms with Gasteiger partial charge in [-0.3, -0.25) is 14.4 Å². The minimum absolute atomic E-state index is 0.00388. The Balaban J connectivity index is 1.46. The van der Waals surface area contributed by atoms with Gasteiger partial charge in [0.25, 0.3) is 0 Å². The maximum absolute atomic E-state index is 14.0. The van der Waals surface area contributed by atoms with E-state index in [4.69, 9.17) is 17.3 Å². The number of benzene rings is 2. The Morgan fingerprint density at radius 2 is 1.76 bits per heavy atom. The smallest absolute Gasteiger partial charge is 0.243 e. The molecule has 46 heavy (non-hydrogen) atoms. The van der Waals surface area contributed by atoms with Crippen molar-refractivity contribution in [1.29, 1.82) is 0 Å². The first-order valence-corrected chi connectivity index (χ1v) is 18.1. The summed E-state index contributed by atoms with van der Waals surface area (Å²) in [4.78, 5) is 46.2. The Morgan fingerprint density at radius 3 is 2.43 bits per heavy atom. The van der Waals surface area contributed by atoms with Crippen LogP contribution in [0, 0.1) is 0 Å². The van der Waals surface area contributed by atoms with E-state index in [0.717, 1.165) is 43.6 Å². The molecule has 4 rings (SSSR count). The topological polar surface area (TPSA) is 145 Å². The lowest BCUT2D eigenvalue weighted by Crippen LogP contribution is -2.54. The number of hydrogen-bond donors (Lipinski definition) is 3. The molecule has 0 aliphatic carbocycles. The number of halogens is 1. The lowest BCUT2D eigenvalue weighted by atomic mass is 10.0. The van der Waals surface area contributed by atoms with Gasteiger partial charge in [0.2, 0.25) is 27.7 Å². The molecule has 252 valence electrons. The summed E-state index contributed by atoms with van der Waals surface area (Å²) in [5.41, 5.74) is 8.06. The Bertz CT molecular complexity index is 1450. The molecule has 2 saturated heterocycles. The van der Waals surface area contributed by atoms with Gasteiger partial charge in [-0.2, -0.15) is 0 Å². The molecule has 2 heterocycles. The third kappa shape index (κ3) is 9.74. The summed E-state index contributed by atoms with van der Waals surface area (Å²) in [7, 11) is -2.18. The van der Waals surface area contributed by atoms with Crippen LogP contribution in [-0.4, -0.2) is 92.2 Å². The second-order valence-corrected chi connectivity index (χ2v) is 14.3. The molecule has 0 unspecified atom stereocenters. The molecular formula is C33H47ClN6O5S. The number of nitrogens with two attached hydrogens (primary N) is 1. The van der Waals surface area contributed by atoms with Crippen molar-refractivity contribution in [2.75, 3.05) is 33.2 Å². The molecule has 0 spiro atoms. The number of nitrogens with zero attached hydrogens (tertiary/aromatic N) is 3. The van der Waals surface area contributed by atoms with Gasteiger partial charge in [-0.15, -0.1) is 0 Å². The van der Waals surface area contributed by atoms with Crippen LogP contribution in [0.4, 0.5) is 0 Å². The minimum atomic E-state index is -3.95. The Kier molecular flexibility index (Phi) is 13.0. The fourth-order valence-electron chi connectivity index (χ4n) is 6.32. The number of sulfonamides is 1. The molecule has 2 aromatic rings. The molecule has 2 aliphatic rings. The number of piperidine rings is 1. The normalized spacial score (nSPS) is 18.3. The predicted molar refractivity (Wildman–Crippen MR) is 179 cm³/mol. The predicted octanol–water partition coefficient (Wildman–Crippen LogP) is 2.62. The van der Waals surface area contributed by atoms with Crippen LogP contribution in [0.5, 0.6) is 0 Å². The number of nitrogens with one attached hydrogen (secondary N) is 2. The first kappa shape index (κ1) is 35.8. The zero-order valence-corrected chi connectivity index (χ0v) is 28.4. The molecule has 11 nitrogen and oxygen atoms in total. The van der Waals surface area contributed by atoms with E-state index in [0.29, 0.717) is 30.0 Å². The summed E-state index contributed by atoms with van der Waals surface area (Å²) in [5, 5.41) is 3.43. The van der Waals surface area contributed by atoms with Crippen molar-refractivity contribution in [3.63, 3.8) is 0 Å². The highest BCUT2D eigenvalue weighted by atomic mass is 35.5. The number of carbonyl (C=O) groups is 3. The second-order valence-electron chi connectivity index (χ2n) is 12.1. The number of likely N-dealkylation sites (tertiary alicyclic amines) is 2. The maximum Gasteiger partial charge on any atom is 0.243 e. The van der Waals surface area contributed by atoms with E-state index in [1.54, 1.807) is 54.4 Å². The zero-order valence-electron chi connectivity index (χ0n) is 26.8. The van der Waals surface area contributed by atoms with Gasteiger partial charge >= 0.3 is 0 Å². The summed E-state index contributed by atoms with van der Waals surface area (Å²) < 4.78 is 29.2. The van der Waals surface area contributed by atoms with Crippen LogP contribution in [-0.2, 0) is 43.2 Å². The van der Waals surface area contributed by atoms with Crippen LogP contribution in [0.25, 0.3) is 0 Å². The Morgan fingerprint density at radius 1 is 1.04 bits per heavy atom. The van der Waals surface area contributed by atoms with Gasteiger partial charge in [0.05, 0.1) is 5.75 Å². The van der Waals surface area contributed by atoms with Crippen LogP contribution in [0.2, 0.25) is 5.02 Å². The summed E-state index contributed by atoms with van der Waals surface area (Å²) in [5.74, 6) is -1.29. The highest BCUT2D eigenvalue weighted by molar-refractivity contribution is 7.88.